The highest BCUT2D eigenvalue weighted by molar-refractivity contribution is 5.52. The summed E-state index contributed by atoms with van der Waals surface area (Å²) in [6, 6.07) is 1.72. The predicted octanol–water partition coefficient (Wildman–Crippen LogP) is 4.09. The van der Waals surface area contributed by atoms with Gasteiger partial charge in [-0.3, -0.25) is 0 Å². The van der Waals surface area contributed by atoms with Gasteiger partial charge in [0.15, 0.2) is 11.5 Å². The molecule has 1 aromatic rings. The molecule has 0 saturated carbocycles. The fourth-order valence-corrected chi connectivity index (χ4v) is 2.25. The van der Waals surface area contributed by atoms with Crippen LogP contribution in [0.2, 0.25) is 0 Å². The second-order valence-electron chi connectivity index (χ2n) is 4.71. The van der Waals surface area contributed by atoms with E-state index in [1.807, 2.05) is 6.92 Å². The SMILES string of the molecule is CCCCCc1cc(O)c(O)c(CCC)c1C. The largest absolute Gasteiger partial charge is 0.504 e. The van der Waals surface area contributed by atoms with Crippen molar-refractivity contribution in [3.63, 3.8) is 0 Å². The average Bonchev–Trinajstić information content (AvgIpc) is 2.31. The van der Waals surface area contributed by atoms with E-state index < -0.39 is 0 Å². The van der Waals surface area contributed by atoms with Crippen LogP contribution in [0, 0.1) is 6.92 Å². The van der Waals surface area contributed by atoms with Gasteiger partial charge in [-0.25, -0.2) is 0 Å². The molecule has 0 bridgehead atoms. The van der Waals surface area contributed by atoms with Gasteiger partial charge in [-0.05, 0) is 43.4 Å². The third kappa shape index (κ3) is 3.39. The zero-order valence-corrected chi connectivity index (χ0v) is 11.2. The molecule has 0 fully saturated rings. The van der Waals surface area contributed by atoms with Crippen molar-refractivity contribution >= 4 is 0 Å². The van der Waals surface area contributed by atoms with Crippen LogP contribution in [0.25, 0.3) is 0 Å². The van der Waals surface area contributed by atoms with Gasteiger partial charge in [-0.15, -0.1) is 0 Å². The maximum absolute atomic E-state index is 9.86. The molecule has 17 heavy (non-hydrogen) atoms. The summed E-state index contributed by atoms with van der Waals surface area (Å²) in [7, 11) is 0. The Morgan fingerprint density at radius 3 is 2.29 bits per heavy atom. The summed E-state index contributed by atoms with van der Waals surface area (Å²) in [4.78, 5) is 0. The van der Waals surface area contributed by atoms with Crippen molar-refractivity contribution < 1.29 is 10.2 Å². The first kappa shape index (κ1) is 13.9. The van der Waals surface area contributed by atoms with E-state index in [1.165, 1.54) is 18.4 Å². The Hall–Kier alpha value is -1.18. The van der Waals surface area contributed by atoms with Crippen molar-refractivity contribution in [2.75, 3.05) is 0 Å². The molecular formula is C15H24O2. The molecule has 0 unspecified atom stereocenters. The van der Waals surface area contributed by atoms with Crippen molar-refractivity contribution in [1.29, 1.82) is 0 Å². The minimum Gasteiger partial charge on any atom is -0.504 e. The molecule has 2 nitrogen and oxygen atoms in total. The van der Waals surface area contributed by atoms with Crippen LogP contribution in [-0.4, -0.2) is 10.2 Å². The normalized spacial score (nSPS) is 10.8. The number of aromatic hydroxyl groups is 2. The first-order valence-corrected chi connectivity index (χ1v) is 6.65. The van der Waals surface area contributed by atoms with Crippen LogP contribution < -0.4 is 0 Å². The molecule has 0 aliphatic rings. The van der Waals surface area contributed by atoms with E-state index in [1.54, 1.807) is 6.07 Å². The Morgan fingerprint density at radius 2 is 1.71 bits per heavy atom. The van der Waals surface area contributed by atoms with Crippen LogP contribution in [0.5, 0.6) is 11.5 Å². The molecule has 1 aromatic carbocycles. The Labute approximate surface area is 104 Å². The van der Waals surface area contributed by atoms with Crippen LogP contribution in [0.4, 0.5) is 0 Å². The van der Waals surface area contributed by atoms with Crippen LogP contribution in [0.15, 0.2) is 6.07 Å². The third-order valence-corrected chi connectivity index (χ3v) is 3.32. The summed E-state index contributed by atoms with van der Waals surface area (Å²) in [6.45, 7) is 6.31. The van der Waals surface area contributed by atoms with E-state index >= 15 is 0 Å². The first-order chi connectivity index (χ1) is 8.11. The fraction of sp³-hybridized carbons (Fsp3) is 0.600. The smallest absolute Gasteiger partial charge is 0.160 e. The van der Waals surface area contributed by atoms with Crippen molar-refractivity contribution in [2.24, 2.45) is 0 Å². The Bertz CT molecular complexity index is 370. The minimum absolute atomic E-state index is 0.0329. The lowest BCUT2D eigenvalue weighted by Crippen LogP contribution is -1.97. The Balaban J connectivity index is 2.97. The second-order valence-corrected chi connectivity index (χ2v) is 4.71. The topological polar surface area (TPSA) is 40.5 Å². The molecule has 0 atom stereocenters. The van der Waals surface area contributed by atoms with Crippen LogP contribution in [-0.2, 0) is 12.8 Å². The van der Waals surface area contributed by atoms with Crippen LogP contribution in [0.1, 0.15) is 56.2 Å². The van der Waals surface area contributed by atoms with Crippen LogP contribution >= 0.6 is 0 Å². The summed E-state index contributed by atoms with van der Waals surface area (Å²) in [5.74, 6) is 0.106. The fourth-order valence-electron chi connectivity index (χ4n) is 2.25. The highest BCUT2D eigenvalue weighted by Crippen LogP contribution is 2.35. The Kier molecular flexibility index (Phi) is 5.33. The molecule has 96 valence electrons. The molecule has 0 radical (unpaired) electrons. The standard InChI is InChI=1S/C15H24O2/c1-4-6-7-9-12-10-14(16)15(17)13(8-5-2)11(12)3/h10,16-17H,4-9H2,1-3H3. The molecule has 0 heterocycles. The van der Waals surface area contributed by atoms with Gasteiger partial charge in [0, 0.05) is 5.56 Å². The highest BCUT2D eigenvalue weighted by Gasteiger charge is 2.13. The molecule has 0 spiro atoms. The summed E-state index contributed by atoms with van der Waals surface area (Å²) < 4.78 is 0. The lowest BCUT2D eigenvalue weighted by Gasteiger charge is -2.14. The maximum atomic E-state index is 9.86. The number of hydrogen-bond donors (Lipinski definition) is 2. The molecule has 2 heteroatoms. The first-order valence-electron chi connectivity index (χ1n) is 6.65. The number of benzene rings is 1. The van der Waals surface area contributed by atoms with Crippen molar-refractivity contribution in [3.8, 4) is 11.5 Å². The summed E-state index contributed by atoms with van der Waals surface area (Å²) in [5.41, 5.74) is 3.24. The monoisotopic (exact) mass is 236 g/mol. The summed E-state index contributed by atoms with van der Waals surface area (Å²) in [5, 5.41) is 19.6. The summed E-state index contributed by atoms with van der Waals surface area (Å²) in [6.07, 6.45) is 6.35. The van der Waals surface area contributed by atoms with E-state index in [2.05, 4.69) is 13.8 Å². The molecule has 0 aliphatic heterocycles. The van der Waals surface area contributed by atoms with Gasteiger partial charge in [-0.1, -0.05) is 33.1 Å². The van der Waals surface area contributed by atoms with E-state index in [9.17, 15) is 10.2 Å². The van der Waals surface area contributed by atoms with Crippen molar-refractivity contribution in [1.82, 2.24) is 0 Å². The number of hydrogen-bond acceptors (Lipinski definition) is 2. The lowest BCUT2D eigenvalue weighted by atomic mass is 9.94. The molecule has 0 aliphatic carbocycles. The number of aryl methyl sites for hydroxylation is 1. The quantitative estimate of drug-likeness (QED) is 0.577. The van der Waals surface area contributed by atoms with Gasteiger partial charge >= 0.3 is 0 Å². The van der Waals surface area contributed by atoms with E-state index in [4.69, 9.17) is 0 Å². The number of rotatable bonds is 6. The zero-order valence-electron chi connectivity index (χ0n) is 11.2. The third-order valence-electron chi connectivity index (χ3n) is 3.32. The second kappa shape index (κ2) is 6.53. The molecule has 0 saturated heterocycles. The molecule has 0 aromatic heterocycles. The van der Waals surface area contributed by atoms with Gasteiger partial charge < -0.3 is 10.2 Å². The maximum Gasteiger partial charge on any atom is 0.160 e. The van der Waals surface area contributed by atoms with E-state index in [0.29, 0.717) is 0 Å². The van der Waals surface area contributed by atoms with Crippen molar-refractivity contribution in [3.05, 3.63) is 22.8 Å². The van der Waals surface area contributed by atoms with E-state index in [-0.39, 0.29) is 11.5 Å². The van der Waals surface area contributed by atoms with Gasteiger partial charge in [-0.2, -0.15) is 0 Å². The number of unbranched alkanes of at least 4 members (excludes halogenated alkanes) is 2. The molecule has 0 amide bonds. The molecule has 1 rings (SSSR count). The predicted molar refractivity (Wildman–Crippen MR) is 71.7 cm³/mol. The van der Waals surface area contributed by atoms with Crippen LogP contribution in [0.3, 0.4) is 0 Å². The molecular weight excluding hydrogens is 212 g/mol. The zero-order chi connectivity index (χ0) is 12.8. The van der Waals surface area contributed by atoms with Gasteiger partial charge in [0.1, 0.15) is 0 Å². The lowest BCUT2D eigenvalue weighted by molar-refractivity contribution is 0.397. The minimum atomic E-state index is 0.0329. The van der Waals surface area contributed by atoms with Gasteiger partial charge in [0.05, 0.1) is 0 Å². The molecule has 2 N–H and O–H groups in total. The van der Waals surface area contributed by atoms with Crippen molar-refractivity contribution in [2.45, 2.75) is 59.3 Å². The van der Waals surface area contributed by atoms with Gasteiger partial charge in [0.25, 0.3) is 0 Å². The van der Waals surface area contributed by atoms with Gasteiger partial charge in [0.2, 0.25) is 0 Å². The Morgan fingerprint density at radius 1 is 1.00 bits per heavy atom. The van der Waals surface area contributed by atoms with E-state index in [0.717, 1.165) is 36.8 Å². The summed E-state index contributed by atoms with van der Waals surface area (Å²) >= 11 is 0. The average molecular weight is 236 g/mol. The highest BCUT2D eigenvalue weighted by atomic mass is 16.3. The number of phenolic OH excluding ortho intramolecular Hbond substituents is 2. The number of phenols is 2.